The Labute approximate surface area is 128 Å². The molecule has 1 fully saturated rings. The zero-order valence-corrected chi connectivity index (χ0v) is 13.3. The largest absolute Gasteiger partial charge is 0.379 e. The van der Waals surface area contributed by atoms with Crippen LogP contribution in [0, 0.1) is 0 Å². The van der Waals surface area contributed by atoms with E-state index in [0.717, 1.165) is 65.6 Å². The molecular weight excluding hydrogens is 270 g/mol. The van der Waals surface area contributed by atoms with Gasteiger partial charge in [-0.25, -0.2) is 0 Å². The minimum absolute atomic E-state index is 0.599. The molecule has 5 N–H and O–H groups in total. The minimum atomic E-state index is 0.599. The van der Waals surface area contributed by atoms with Crippen LogP contribution in [0.1, 0.15) is 0 Å². The summed E-state index contributed by atoms with van der Waals surface area (Å²) in [6, 6.07) is 0. The number of ether oxygens (including phenoxy) is 2. The lowest BCUT2D eigenvalue weighted by molar-refractivity contribution is 0.0786. The van der Waals surface area contributed by atoms with E-state index in [1.54, 1.807) is 0 Å². The van der Waals surface area contributed by atoms with Gasteiger partial charge in [-0.05, 0) is 0 Å². The molecule has 7 nitrogen and oxygen atoms in total. The lowest BCUT2D eigenvalue weighted by Gasteiger charge is -2.34. The molecule has 0 spiro atoms. The van der Waals surface area contributed by atoms with Crippen molar-refractivity contribution in [3.05, 3.63) is 0 Å². The highest BCUT2D eigenvalue weighted by molar-refractivity contribution is 4.72. The second kappa shape index (κ2) is 13.4. The van der Waals surface area contributed by atoms with Crippen molar-refractivity contribution in [3.8, 4) is 0 Å². The Hall–Kier alpha value is -0.280. The Bertz CT molecular complexity index is 223. The summed E-state index contributed by atoms with van der Waals surface area (Å²) in [6.07, 6.45) is 0. The van der Waals surface area contributed by atoms with E-state index in [4.69, 9.17) is 20.9 Å². The van der Waals surface area contributed by atoms with Gasteiger partial charge in [0.2, 0.25) is 0 Å². The summed E-state index contributed by atoms with van der Waals surface area (Å²) >= 11 is 0. The molecule has 1 aliphatic rings. The topological polar surface area (TPSA) is 89.0 Å². The molecular formula is C14H33N5O2. The van der Waals surface area contributed by atoms with Gasteiger partial charge in [0.15, 0.2) is 0 Å². The van der Waals surface area contributed by atoms with Gasteiger partial charge < -0.3 is 26.3 Å². The molecule has 0 saturated carbocycles. The van der Waals surface area contributed by atoms with Gasteiger partial charge in [0.1, 0.15) is 0 Å². The predicted octanol–water partition coefficient (Wildman–Crippen LogP) is -1.86. The predicted molar refractivity (Wildman–Crippen MR) is 85.5 cm³/mol. The second-order valence-corrected chi connectivity index (χ2v) is 5.24. The van der Waals surface area contributed by atoms with Crippen molar-refractivity contribution in [2.45, 2.75) is 0 Å². The summed E-state index contributed by atoms with van der Waals surface area (Å²) < 4.78 is 10.7. The van der Waals surface area contributed by atoms with E-state index in [0.29, 0.717) is 26.3 Å². The van der Waals surface area contributed by atoms with E-state index in [9.17, 15) is 0 Å². The molecule has 0 amide bonds. The molecule has 7 heteroatoms. The number of nitrogens with two attached hydrogens (primary N) is 2. The average Bonchev–Trinajstić information content (AvgIpc) is 2.52. The Morgan fingerprint density at radius 1 is 0.714 bits per heavy atom. The molecule has 1 heterocycles. The lowest BCUT2D eigenvalue weighted by atomic mass is 10.3. The molecule has 0 unspecified atom stereocenters. The van der Waals surface area contributed by atoms with E-state index in [1.165, 1.54) is 0 Å². The van der Waals surface area contributed by atoms with Gasteiger partial charge >= 0.3 is 0 Å². The molecule has 0 aromatic heterocycles. The first-order chi connectivity index (χ1) is 10.4. The van der Waals surface area contributed by atoms with Gasteiger partial charge in [-0.2, -0.15) is 0 Å². The average molecular weight is 303 g/mol. The van der Waals surface area contributed by atoms with Crippen molar-refractivity contribution in [1.29, 1.82) is 0 Å². The van der Waals surface area contributed by atoms with Crippen LogP contribution in [0.2, 0.25) is 0 Å². The maximum Gasteiger partial charge on any atom is 0.0594 e. The fourth-order valence-corrected chi connectivity index (χ4v) is 2.31. The molecule has 21 heavy (non-hydrogen) atoms. The van der Waals surface area contributed by atoms with Crippen LogP contribution in [-0.2, 0) is 9.47 Å². The van der Waals surface area contributed by atoms with Crippen LogP contribution in [0.3, 0.4) is 0 Å². The molecule has 0 aliphatic carbocycles. The molecule has 0 atom stereocenters. The number of rotatable bonds is 13. The fourth-order valence-electron chi connectivity index (χ4n) is 2.31. The highest BCUT2D eigenvalue weighted by Gasteiger charge is 2.15. The molecule has 1 rings (SSSR count). The lowest BCUT2D eigenvalue weighted by Crippen LogP contribution is -2.48. The van der Waals surface area contributed by atoms with Gasteiger partial charge in [0.25, 0.3) is 0 Å². The second-order valence-electron chi connectivity index (χ2n) is 5.24. The summed E-state index contributed by atoms with van der Waals surface area (Å²) in [5.41, 5.74) is 10.7. The summed E-state index contributed by atoms with van der Waals surface area (Å²) in [5.74, 6) is 0. The molecule has 0 aromatic rings. The van der Waals surface area contributed by atoms with Crippen LogP contribution in [0.15, 0.2) is 0 Å². The minimum Gasteiger partial charge on any atom is -0.379 e. The Morgan fingerprint density at radius 3 is 1.90 bits per heavy atom. The van der Waals surface area contributed by atoms with Gasteiger partial charge in [0, 0.05) is 65.4 Å². The van der Waals surface area contributed by atoms with E-state index in [2.05, 4.69) is 15.1 Å². The van der Waals surface area contributed by atoms with Crippen LogP contribution >= 0.6 is 0 Å². The van der Waals surface area contributed by atoms with Crippen molar-refractivity contribution >= 4 is 0 Å². The van der Waals surface area contributed by atoms with Crippen LogP contribution in [0.5, 0.6) is 0 Å². The normalized spacial score (nSPS) is 17.4. The van der Waals surface area contributed by atoms with Crippen molar-refractivity contribution in [3.63, 3.8) is 0 Å². The molecule has 1 saturated heterocycles. The number of nitrogens with zero attached hydrogens (tertiary/aromatic N) is 2. The smallest absolute Gasteiger partial charge is 0.0594 e. The van der Waals surface area contributed by atoms with Gasteiger partial charge in [-0.3, -0.25) is 9.80 Å². The first kappa shape index (κ1) is 18.8. The molecule has 1 aliphatic heterocycles. The zero-order valence-electron chi connectivity index (χ0n) is 13.3. The molecule has 126 valence electrons. The number of hydrogen-bond donors (Lipinski definition) is 3. The Morgan fingerprint density at radius 2 is 1.29 bits per heavy atom. The zero-order chi connectivity index (χ0) is 15.2. The number of nitrogens with one attached hydrogen (secondary N) is 1. The monoisotopic (exact) mass is 303 g/mol. The maximum absolute atomic E-state index is 5.42. The highest BCUT2D eigenvalue weighted by atomic mass is 16.5. The summed E-state index contributed by atoms with van der Waals surface area (Å²) in [6.45, 7) is 12.7. The summed E-state index contributed by atoms with van der Waals surface area (Å²) in [4.78, 5) is 4.96. The molecule has 0 aromatic carbocycles. The fraction of sp³-hybridized carbons (Fsp3) is 1.00. The third-order valence-electron chi connectivity index (χ3n) is 3.57. The van der Waals surface area contributed by atoms with Crippen LogP contribution in [-0.4, -0.2) is 102 Å². The van der Waals surface area contributed by atoms with Crippen molar-refractivity contribution in [2.75, 3.05) is 91.9 Å². The van der Waals surface area contributed by atoms with E-state index < -0.39 is 0 Å². The molecule has 0 bridgehead atoms. The third-order valence-corrected chi connectivity index (χ3v) is 3.57. The number of piperazine rings is 1. The van der Waals surface area contributed by atoms with Crippen LogP contribution in [0.4, 0.5) is 0 Å². The van der Waals surface area contributed by atoms with Gasteiger partial charge in [-0.15, -0.1) is 0 Å². The summed E-state index contributed by atoms with van der Waals surface area (Å²) in [5, 5.41) is 3.40. The van der Waals surface area contributed by atoms with Crippen molar-refractivity contribution in [1.82, 2.24) is 15.1 Å². The maximum atomic E-state index is 5.42. The standard InChI is InChI=1S/C14H33N5O2/c15-1-11-20-13-4-17-3-5-18-6-8-19(9-7-18)10-14-21-12-2-16/h17H,1-16H2. The first-order valence-electron chi connectivity index (χ1n) is 8.08. The Kier molecular flexibility index (Phi) is 12.0. The van der Waals surface area contributed by atoms with Crippen molar-refractivity contribution in [2.24, 2.45) is 11.5 Å². The number of hydrogen-bond acceptors (Lipinski definition) is 7. The van der Waals surface area contributed by atoms with Crippen LogP contribution in [0.25, 0.3) is 0 Å². The summed E-state index contributed by atoms with van der Waals surface area (Å²) in [7, 11) is 0. The van der Waals surface area contributed by atoms with Crippen molar-refractivity contribution < 1.29 is 9.47 Å². The van der Waals surface area contributed by atoms with Crippen LogP contribution < -0.4 is 16.8 Å². The quantitative estimate of drug-likeness (QED) is 0.344. The SMILES string of the molecule is NCCOCCNCCN1CCN(CCOCCN)CC1. The van der Waals surface area contributed by atoms with Gasteiger partial charge in [0.05, 0.1) is 26.4 Å². The molecule has 0 radical (unpaired) electrons. The highest BCUT2D eigenvalue weighted by Crippen LogP contribution is 2.00. The van der Waals surface area contributed by atoms with E-state index in [1.807, 2.05) is 0 Å². The Balaban J connectivity index is 1.89. The van der Waals surface area contributed by atoms with Gasteiger partial charge in [-0.1, -0.05) is 0 Å². The first-order valence-corrected chi connectivity index (χ1v) is 8.08. The third kappa shape index (κ3) is 10.1. The van der Waals surface area contributed by atoms with E-state index >= 15 is 0 Å². The van der Waals surface area contributed by atoms with E-state index in [-0.39, 0.29) is 0 Å².